The summed E-state index contributed by atoms with van der Waals surface area (Å²) in [5.74, 6) is -0.596. The highest BCUT2D eigenvalue weighted by atomic mass is 16.6. The Hall–Kier alpha value is -1.07. The third-order valence-electron chi connectivity index (χ3n) is 2.47. The molecule has 1 unspecified atom stereocenters. The van der Waals surface area contributed by atoms with E-state index in [0.29, 0.717) is 19.4 Å². The number of rotatable bonds is 7. The largest absolute Gasteiger partial charge is 0.455 e. The van der Waals surface area contributed by atoms with Crippen molar-refractivity contribution in [1.82, 2.24) is 0 Å². The average Bonchev–Trinajstić information content (AvgIpc) is 2.16. The third kappa shape index (κ3) is 6.97. The smallest absolute Gasteiger partial charge is 0.354 e. The summed E-state index contributed by atoms with van der Waals surface area (Å²) < 4.78 is 10.7. The van der Waals surface area contributed by atoms with E-state index in [1.54, 1.807) is 13.8 Å². The molecule has 0 spiro atoms. The third-order valence-corrected chi connectivity index (χ3v) is 2.47. The maximum absolute atomic E-state index is 11.3. The van der Waals surface area contributed by atoms with Crippen LogP contribution < -0.4 is 11.5 Å². The summed E-state index contributed by atoms with van der Waals surface area (Å²) in [6.07, 6.45) is 1.26. The van der Waals surface area contributed by atoms with Crippen molar-refractivity contribution in [3.05, 3.63) is 12.3 Å². The van der Waals surface area contributed by atoms with Crippen LogP contribution in [0.2, 0.25) is 0 Å². The monoisotopic (exact) mass is 244 g/mol. The average molecular weight is 244 g/mol. The molecule has 17 heavy (non-hydrogen) atoms. The molecule has 5 nitrogen and oxygen atoms in total. The van der Waals surface area contributed by atoms with Crippen LogP contribution >= 0.6 is 0 Å². The number of nitrogens with two attached hydrogens (primary N) is 2. The maximum Gasteiger partial charge on any atom is 0.354 e. The molecule has 0 bridgehead atoms. The molecule has 0 aromatic heterocycles. The zero-order valence-corrected chi connectivity index (χ0v) is 11.2. The molecule has 0 rings (SSSR count). The Morgan fingerprint density at radius 3 is 2.29 bits per heavy atom. The lowest BCUT2D eigenvalue weighted by molar-refractivity contribution is -0.154. The molecule has 0 aliphatic rings. The zero-order valence-electron chi connectivity index (χ0n) is 11.2. The van der Waals surface area contributed by atoms with E-state index in [2.05, 4.69) is 6.58 Å². The summed E-state index contributed by atoms with van der Waals surface area (Å²) in [6.45, 7) is 11.1. The van der Waals surface area contributed by atoms with E-state index >= 15 is 0 Å². The van der Waals surface area contributed by atoms with E-state index < -0.39 is 17.3 Å². The van der Waals surface area contributed by atoms with Crippen LogP contribution in [0.4, 0.5) is 0 Å². The highest BCUT2D eigenvalue weighted by molar-refractivity contribution is 5.86. The first-order valence-electron chi connectivity index (χ1n) is 5.70. The number of hydrogen-bond acceptors (Lipinski definition) is 5. The minimum Gasteiger partial charge on any atom is -0.455 e. The van der Waals surface area contributed by atoms with Crippen LogP contribution in [-0.4, -0.2) is 23.9 Å². The predicted octanol–water partition coefficient (Wildman–Crippen LogP) is 1.27. The fraction of sp³-hybridized carbons (Fsp3) is 0.750. The topological polar surface area (TPSA) is 87.6 Å². The van der Waals surface area contributed by atoms with E-state index in [9.17, 15) is 4.79 Å². The van der Waals surface area contributed by atoms with Crippen LogP contribution in [0.1, 0.15) is 40.5 Å². The lowest BCUT2D eigenvalue weighted by atomic mass is 10.1. The van der Waals surface area contributed by atoms with Crippen LogP contribution in [-0.2, 0) is 14.3 Å². The van der Waals surface area contributed by atoms with Gasteiger partial charge in [-0.1, -0.05) is 13.5 Å². The second kappa shape index (κ2) is 6.02. The van der Waals surface area contributed by atoms with Crippen molar-refractivity contribution in [2.75, 3.05) is 6.61 Å². The van der Waals surface area contributed by atoms with Gasteiger partial charge in [-0.05, 0) is 27.2 Å². The Balaban J connectivity index is 4.10. The van der Waals surface area contributed by atoms with Crippen molar-refractivity contribution in [1.29, 1.82) is 0 Å². The lowest BCUT2D eigenvalue weighted by Gasteiger charge is -2.28. The highest BCUT2D eigenvalue weighted by Gasteiger charge is 2.25. The molecule has 0 radical (unpaired) electrons. The maximum atomic E-state index is 11.3. The summed E-state index contributed by atoms with van der Waals surface area (Å²) in [6, 6.07) is 0. The first-order valence-corrected chi connectivity index (χ1v) is 5.70. The Bertz CT molecular complexity index is 285. The Morgan fingerprint density at radius 1 is 1.35 bits per heavy atom. The number of ether oxygens (including phenoxy) is 2. The Morgan fingerprint density at radius 2 is 1.88 bits per heavy atom. The van der Waals surface area contributed by atoms with Gasteiger partial charge >= 0.3 is 5.97 Å². The molecule has 0 heterocycles. The number of carbonyl (C=O) groups is 1. The van der Waals surface area contributed by atoms with Crippen LogP contribution in [0.5, 0.6) is 0 Å². The molecule has 0 aromatic carbocycles. The predicted molar refractivity (Wildman–Crippen MR) is 67.0 cm³/mol. The van der Waals surface area contributed by atoms with Gasteiger partial charge in [0.2, 0.25) is 0 Å². The summed E-state index contributed by atoms with van der Waals surface area (Å²) in [4.78, 5) is 11.3. The molecule has 0 saturated heterocycles. The number of hydrogen-bond donors (Lipinski definition) is 2. The standard InChI is InChI=1S/C12H24N2O3/c1-6-12(5,14)16-8-7-11(3,4)17-10(15)9(2)13/h2,6-8,13-14H2,1,3-5H3. The Labute approximate surface area is 103 Å². The molecule has 0 amide bonds. The quantitative estimate of drug-likeness (QED) is 0.400. The number of esters is 1. The first kappa shape index (κ1) is 15.9. The SMILES string of the molecule is C=C(N)C(=O)OC(C)(C)CCOC(C)(N)CC. The zero-order chi connectivity index (χ0) is 13.7. The van der Waals surface area contributed by atoms with Crippen LogP contribution in [0.3, 0.4) is 0 Å². The summed E-state index contributed by atoms with van der Waals surface area (Å²) in [5.41, 5.74) is 9.68. The first-order chi connectivity index (χ1) is 7.59. The molecule has 1 atom stereocenters. The van der Waals surface area contributed by atoms with Gasteiger partial charge < -0.3 is 20.9 Å². The molecular formula is C12H24N2O3. The highest BCUT2D eigenvalue weighted by Crippen LogP contribution is 2.17. The van der Waals surface area contributed by atoms with Gasteiger partial charge in [-0.2, -0.15) is 0 Å². The molecule has 0 fully saturated rings. The second-order valence-corrected chi connectivity index (χ2v) is 4.94. The molecular weight excluding hydrogens is 220 g/mol. The fourth-order valence-corrected chi connectivity index (χ4v) is 1.000. The minimum atomic E-state index is -0.650. The van der Waals surface area contributed by atoms with Gasteiger partial charge in [0.05, 0.1) is 6.61 Å². The van der Waals surface area contributed by atoms with Gasteiger partial charge in [-0.3, -0.25) is 0 Å². The van der Waals surface area contributed by atoms with E-state index in [-0.39, 0.29) is 5.70 Å². The van der Waals surface area contributed by atoms with Gasteiger partial charge in [-0.15, -0.1) is 0 Å². The van der Waals surface area contributed by atoms with Crippen molar-refractivity contribution in [3.8, 4) is 0 Å². The van der Waals surface area contributed by atoms with Crippen LogP contribution in [0.25, 0.3) is 0 Å². The minimum absolute atomic E-state index is 0.101. The van der Waals surface area contributed by atoms with Crippen molar-refractivity contribution in [2.45, 2.75) is 51.9 Å². The van der Waals surface area contributed by atoms with Gasteiger partial charge in [0.1, 0.15) is 17.0 Å². The van der Waals surface area contributed by atoms with Gasteiger partial charge in [-0.25, -0.2) is 4.79 Å². The molecule has 4 N–H and O–H groups in total. The molecule has 0 aliphatic carbocycles. The molecule has 0 saturated carbocycles. The van der Waals surface area contributed by atoms with E-state index in [4.69, 9.17) is 20.9 Å². The molecule has 0 aromatic rings. The van der Waals surface area contributed by atoms with Crippen LogP contribution in [0, 0.1) is 0 Å². The van der Waals surface area contributed by atoms with E-state index in [0.717, 1.165) is 0 Å². The Kier molecular flexibility index (Phi) is 5.64. The fourth-order valence-electron chi connectivity index (χ4n) is 1.000. The van der Waals surface area contributed by atoms with Gasteiger partial charge in [0, 0.05) is 6.42 Å². The molecule has 5 heteroatoms. The number of carbonyl (C=O) groups excluding carboxylic acids is 1. The summed E-state index contributed by atoms with van der Waals surface area (Å²) in [5, 5.41) is 0. The summed E-state index contributed by atoms with van der Waals surface area (Å²) in [7, 11) is 0. The summed E-state index contributed by atoms with van der Waals surface area (Å²) >= 11 is 0. The van der Waals surface area contributed by atoms with Gasteiger partial charge in [0.25, 0.3) is 0 Å². The lowest BCUT2D eigenvalue weighted by Crippen LogP contribution is -2.40. The molecule has 0 aliphatic heterocycles. The second-order valence-electron chi connectivity index (χ2n) is 4.94. The van der Waals surface area contributed by atoms with Crippen molar-refractivity contribution >= 4 is 5.97 Å². The van der Waals surface area contributed by atoms with Gasteiger partial charge in [0.15, 0.2) is 0 Å². The van der Waals surface area contributed by atoms with Crippen molar-refractivity contribution < 1.29 is 14.3 Å². The van der Waals surface area contributed by atoms with E-state index in [1.807, 2.05) is 13.8 Å². The van der Waals surface area contributed by atoms with E-state index in [1.165, 1.54) is 0 Å². The van der Waals surface area contributed by atoms with Crippen molar-refractivity contribution in [3.63, 3.8) is 0 Å². The molecule has 100 valence electrons. The van der Waals surface area contributed by atoms with Crippen molar-refractivity contribution in [2.24, 2.45) is 11.5 Å². The van der Waals surface area contributed by atoms with Crippen LogP contribution in [0.15, 0.2) is 12.3 Å². The normalized spacial score (nSPS) is 15.1.